The number of oxazole rings is 1. The molecule has 2 aromatic heterocycles. The minimum Gasteiger partial charge on any atom is -0.455 e. The summed E-state index contributed by atoms with van der Waals surface area (Å²) in [6.45, 7) is 0. The van der Waals surface area contributed by atoms with E-state index < -0.39 is 0 Å². The average Bonchev–Trinajstić information content (AvgIpc) is 3.79. The minimum absolute atomic E-state index is 0.632. The molecule has 0 unspecified atom stereocenters. The van der Waals surface area contributed by atoms with Crippen LogP contribution < -0.4 is 4.90 Å². The molecule has 0 aliphatic heterocycles. The summed E-state index contributed by atoms with van der Waals surface area (Å²) < 4.78 is 12.8. The first kappa shape index (κ1) is 27.5. The summed E-state index contributed by atoms with van der Waals surface area (Å²) in [5.41, 5.74) is 9.88. The predicted octanol–water partition coefficient (Wildman–Crippen LogP) is 12.8. The number of rotatable bonds is 5. The smallest absolute Gasteiger partial charge is 0.227 e. The van der Waals surface area contributed by atoms with Crippen molar-refractivity contribution in [1.29, 1.82) is 0 Å². The molecule has 0 spiro atoms. The van der Waals surface area contributed by atoms with Gasteiger partial charge in [-0.3, -0.25) is 0 Å². The maximum absolute atomic E-state index is 6.40. The predicted molar refractivity (Wildman–Crippen MR) is 202 cm³/mol. The van der Waals surface area contributed by atoms with Gasteiger partial charge in [0, 0.05) is 44.0 Å². The summed E-state index contributed by atoms with van der Waals surface area (Å²) in [6, 6.07) is 59.2. The van der Waals surface area contributed by atoms with Crippen molar-refractivity contribution in [2.75, 3.05) is 4.90 Å². The number of benzene rings is 8. The highest BCUT2D eigenvalue weighted by Crippen LogP contribution is 2.43. The zero-order valence-electron chi connectivity index (χ0n) is 26.4. The van der Waals surface area contributed by atoms with Gasteiger partial charge < -0.3 is 13.7 Å². The summed E-state index contributed by atoms with van der Waals surface area (Å²) in [5.74, 6) is 0.632. The number of nitrogens with zero attached hydrogens (tertiary/aromatic N) is 2. The summed E-state index contributed by atoms with van der Waals surface area (Å²) in [4.78, 5) is 7.15. The van der Waals surface area contributed by atoms with Gasteiger partial charge in [0.25, 0.3) is 0 Å². The van der Waals surface area contributed by atoms with Gasteiger partial charge in [-0.05, 0) is 77.0 Å². The zero-order valence-corrected chi connectivity index (χ0v) is 26.4. The summed E-state index contributed by atoms with van der Waals surface area (Å²) in [6.07, 6.45) is 0. The number of hydrogen-bond acceptors (Lipinski definition) is 4. The van der Waals surface area contributed by atoms with E-state index in [4.69, 9.17) is 13.8 Å². The molecule has 49 heavy (non-hydrogen) atoms. The minimum atomic E-state index is 0.632. The van der Waals surface area contributed by atoms with E-state index in [1.54, 1.807) is 0 Å². The van der Waals surface area contributed by atoms with Crippen molar-refractivity contribution in [3.8, 4) is 22.6 Å². The van der Waals surface area contributed by atoms with E-state index in [0.29, 0.717) is 5.89 Å². The van der Waals surface area contributed by atoms with E-state index in [-0.39, 0.29) is 0 Å². The molecular formula is C45H28N2O2. The Hall–Kier alpha value is -6.65. The zero-order chi connectivity index (χ0) is 32.3. The summed E-state index contributed by atoms with van der Waals surface area (Å²) in [7, 11) is 0. The Kier molecular flexibility index (Phi) is 6.15. The molecule has 10 rings (SSSR count). The van der Waals surface area contributed by atoms with Crippen molar-refractivity contribution >= 4 is 71.6 Å². The number of furan rings is 1. The van der Waals surface area contributed by atoms with Gasteiger partial charge in [0.1, 0.15) is 16.7 Å². The molecular weight excluding hydrogens is 601 g/mol. The third kappa shape index (κ3) is 4.42. The highest BCUT2D eigenvalue weighted by atomic mass is 16.3. The molecule has 0 bridgehead atoms. The summed E-state index contributed by atoms with van der Waals surface area (Å²) >= 11 is 0. The lowest BCUT2D eigenvalue weighted by atomic mass is 9.98. The van der Waals surface area contributed by atoms with Crippen LogP contribution in [0.3, 0.4) is 0 Å². The van der Waals surface area contributed by atoms with Crippen LogP contribution in [-0.4, -0.2) is 4.98 Å². The molecule has 0 aliphatic carbocycles. The quantitative estimate of drug-likeness (QED) is 0.178. The van der Waals surface area contributed by atoms with Crippen molar-refractivity contribution in [3.63, 3.8) is 0 Å². The lowest BCUT2D eigenvalue weighted by Gasteiger charge is -2.27. The second-order valence-electron chi connectivity index (χ2n) is 12.3. The van der Waals surface area contributed by atoms with Gasteiger partial charge in [-0.15, -0.1) is 0 Å². The molecule has 0 N–H and O–H groups in total. The second-order valence-corrected chi connectivity index (χ2v) is 12.3. The van der Waals surface area contributed by atoms with Crippen LogP contribution >= 0.6 is 0 Å². The Bertz CT molecular complexity index is 2820. The molecule has 0 saturated carbocycles. The van der Waals surface area contributed by atoms with E-state index in [9.17, 15) is 0 Å². The second kappa shape index (κ2) is 11.0. The van der Waals surface area contributed by atoms with Gasteiger partial charge >= 0.3 is 0 Å². The van der Waals surface area contributed by atoms with Gasteiger partial charge in [0.05, 0.1) is 5.69 Å². The number of fused-ring (bicyclic) bond motifs is 8. The van der Waals surface area contributed by atoms with E-state index in [1.807, 2.05) is 42.5 Å². The SMILES string of the molecule is c1ccc(-c2nc3ccc4c5cccc(N(c6ccccc6)c6ccc(-c7cccc8c7oc7ccccc78)cc6)c5ccc4c3o2)cc1. The van der Waals surface area contributed by atoms with Crippen LogP contribution in [0.25, 0.3) is 77.2 Å². The Morgan fingerprint density at radius 2 is 1.02 bits per heavy atom. The third-order valence-electron chi connectivity index (χ3n) is 9.50. The van der Waals surface area contributed by atoms with E-state index in [0.717, 1.165) is 88.3 Å². The molecule has 0 radical (unpaired) electrons. The van der Waals surface area contributed by atoms with Crippen LogP contribution in [0.4, 0.5) is 17.1 Å². The largest absolute Gasteiger partial charge is 0.455 e. The third-order valence-corrected chi connectivity index (χ3v) is 9.50. The van der Waals surface area contributed by atoms with Crippen molar-refractivity contribution in [3.05, 3.63) is 170 Å². The van der Waals surface area contributed by atoms with Gasteiger partial charge in [-0.25, -0.2) is 4.98 Å². The van der Waals surface area contributed by atoms with E-state index in [1.165, 1.54) is 0 Å². The molecule has 0 amide bonds. The highest BCUT2D eigenvalue weighted by Gasteiger charge is 2.19. The van der Waals surface area contributed by atoms with Crippen LogP contribution in [-0.2, 0) is 0 Å². The van der Waals surface area contributed by atoms with Gasteiger partial charge in [-0.1, -0.05) is 109 Å². The van der Waals surface area contributed by atoms with E-state index >= 15 is 0 Å². The van der Waals surface area contributed by atoms with Crippen molar-refractivity contribution in [1.82, 2.24) is 4.98 Å². The Labute approximate surface area is 282 Å². The van der Waals surface area contributed by atoms with Crippen molar-refractivity contribution < 1.29 is 8.83 Å². The van der Waals surface area contributed by atoms with Crippen LogP contribution in [0.15, 0.2) is 179 Å². The van der Waals surface area contributed by atoms with Crippen LogP contribution in [0, 0.1) is 0 Å². The maximum Gasteiger partial charge on any atom is 0.227 e. The number of aromatic nitrogens is 1. The Morgan fingerprint density at radius 1 is 0.388 bits per heavy atom. The molecule has 4 nitrogen and oxygen atoms in total. The highest BCUT2D eigenvalue weighted by molar-refractivity contribution is 6.18. The lowest BCUT2D eigenvalue weighted by molar-refractivity contribution is 0.623. The first-order valence-corrected chi connectivity index (χ1v) is 16.5. The van der Waals surface area contributed by atoms with Crippen molar-refractivity contribution in [2.24, 2.45) is 0 Å². The monoisotopic (exact) mass is 628 g/mol. The number of hydrogen-bond donors (Lipinski definition) is 0. The van der Waals surface area contributed by atoms with E-state index in [2.05, 4.69) is 132 Å². The van der Waals surface area contributed by atoms with Gasteiger partial charge in [-0.2, -0.15) is 0 Å². The number of anilines is 3. The van der Waals surface area contributed by atoms with Crippen LogP contribution in [0.2, 0.25) is 0 Å². The molecule has 0 aliphatic rings. The molecule has 0 atom stereocenters. The molecule has 230 valence electrons. The number of para-hydroxylation sites is 3. The Morgan fingerprint density at radius 3 is 1.88 bits per heavy atom. The lowest BCUT2D eigenvalue weighted by Crippen LogP contribution is -2.10. The fourth-order valence-corrected chi connectivity index (χ4v) is 7.21. The first-order chi connectivity index (χ1) is 24.3. The standard InChI is InChI=1S/C45H28N2O2/c1-3-11-30(12-4-1)45-46-40-28-27-35-34-17-10-19-41(36(34)25-26-39(35)44(40)49-45)47(31-13-5-2-6-14-31)32-23-21-29(22-24-32)33-16-9-18-38-37-15-7-8-20-42(37)48-43(33)38/h1-28H. The molecule has 0 saturated heterocycles. The molecule has 10 aromatic rings. The van der Waals surface area contributed by atoms with Gasteiger partial charge in [0.2, 0.25) is 5.89 Å². The Balaban J connectivity index is 1.11. The molecule has 8 aromatic carbocycles. The molecule has 2 heterocycles. The molecule has 0 fully saturated rings. The van der Waals surface area contributed by atoms with Crippen LogP contribution in [0.5, 0.6) is 0 Å². The fourth-order valence-electron chi connectivity index (χ4n) is 7.21. The van der Waals surface area contributed by atoms with Crippen molar-refractivity contribution in [2.45, 2.75) is 0 Å². The average molecular weight is 629 g/mol. The van der Waals surface area contributed by atoms with Gasteiger partial charge in [0.15, 0.2) is 5.58 Å². The topological polar surface area (TPSA) is 42.4 Å². The fraction of sp³-hybridized carbons (Fsp3) is 0. The maximum atomic E-state index is 6.40. The van der Waals surface area contributed by atoms with Crippen LogP contribution in [0.1, 0.15) is 0 Å². The first-order valence-electron chi connectivity index (χ1n) is 16.5. The molecule has 4 heteroatoms. The summed E-state index contributed by atoms with van der Waals surface area (Å²) in [5, 5.41) is 6.75. The normalized spacial score (nSPS) is 11.7.